The zero-order chi connectivity index (χ0) is 15.4. The van der Waals surface area contributed by atoms with Crippen LogP contribution in [0.15, 0.2) is 0 Å². The lowest BCUT2D eigenvalue weighted by atomic mass is 10.9. The van der Waals surface area contributed by atoms with Crippen molar-refractivity contribution in [3.63, 3.8) is 0 Å². The fraction of sp³-hybridized carbons (Fsp3) is 1.00. The van der Waals surface area contributed by atoms with Crippen LogP contribution in [-0.2, 0) is 23.4 Å². The van der Waals surface area contributed by atoms with E-state index in [1.165, 1.54) is 11.4 Å². The van der Waals surface area contributed by atoms with Gasteiger partial charge in [-0.25, -0.2) is 13.0 Å². The molecule has 19 heavy (non-hydrogen) atoms. The second-order valence-corrected chi connectivity index (χ2v) is 11.3. The molecule has 0 aromatic carbocycles. The molecule has 0 aliphatic carbocycles. The van der Waals surface area contributed by atoms with Crippen LogP contribution < -0.4 is 0 Å². The Hall–Kier alpha value is 0.800. The highest BCUT2D eigenvalue weighted by atomic mass is 32.7. The summed E-state index contributed by atoms with van der Waals surface area (Å²) in [4.78, 5) is 0. The molecule has 0 amide bonds. The highest BCUT2D eigenvalue weighted by Crippen LogP contribution is 2.60. The maximum atomic E-state index is 11.9. The Bertz CT molecular complexity index is 327. The highest BCUT2D eigenvalue weighted by Gasteiger charge is 2.23. The molecule has 0 rings (SSSR count). The zero-order valence-corrected chi connectivity index (χ0v) is 15.6. The standard InChI is InChI=1S/C8H19O3PS2.C2H6O2S/c1-4-10-12(9,11-5-2)14-8-7-13-6-3;1-5(2,3)4/h4-8H2,1-3H3;1-2H3. The molecule has 0 N–H and O–H groups in total. The molecular weight excluding hydrogens is 327 g/mol. The molecular formula is C10H25O5PS3. The summed E-state index contributed by atoms with van der Waals surface area (Å²) in [7, 11) is -2.67. The van der Waals surface area contributed by atoms with Crippen LogP contribution in [0.5, 0.6) is 0 Å². The van der Waals surface area contributed by atoms with Crippen LogP contribution in [0.3, 0.4) is 0 Å². The lowest BCUT2D eigenvalue weighted by Crippen LogP contribution is -1.94. The lowest BCUT2D eigenvalue weighted by molar-refractivity contribution is 0.237. The molecule has 0 heterocycles. The molecule has 0 atom stereocenters. The summed E-state index contributed by atoms with van der Waals surface area (Å²) >= 11 is 3.14. The topological polar surface area (TPSA) is 69.7 Å². The first-order valence-electron chi connectivity index (χ1n) is 5.94. The molecule has 0 aliphatic rings. The average molecular weight is 352 g/mol. The van der Waals surface area contributed by atoms with Gasteiger partial charge >= 0.3 is 6.80 Å². The van der Waals surface area contributed by atoms with E-state index >= 15 is 0 Å². The fourth-order valence-electron chi connectivity index (χ4n) is 0.780. The molecule has 0 saturated carbocycles. The number of hydrogen-bond acceptors (Lipinski definition) is 7. The molecule has 9 heteroatoms. The summed E-state index contributed by atoms with van der Waals surface area (Å²) in [5.41, 5.74) is 0. The molecule has 0 spiro atoms. The van der Waals surface area contributed by atoms with Crippen molar-refractivity contribution in [3.05, 3.63) is 0 Å². The van der Waals surface area contributed by atoms with Crippen molar-refractivity contribution in [2.24, 2.45) is 0 Å². The quantitative estimate of drug-likeness (QED) is 0.466. The molecule has 0 unspecified atom stereocenters. The third-order valence-electron chi connectivity index (χ3n) is 1.26. The Kier molecular flexibility index (Phi) is 14.6. The molecule has 5 nitrogen and oxygen atoms in total. The third-order valence-corrected chi connectivity index (χ3v) is 6.40. The van der Waals surface area contributed by atoms with Gasteiger partial charge in [0, 0.05) is 24.0 Å². The Morgan fingerprint density at radius 2 is 1.42 bits per heavy atom. The van der Waals surface area contributed by atoms with Crippen LogP contribution in [0.1, 0.15) is 20.8 Å². The van der Waals surface area contributed by atoms with Crippen LogP contribution in [0.4, 0.5) is 0 Å². The normalized spacial score (nSPS) is 11.8. The van der Waals surface area contributed by atoms with Gasteiger partial charge in [0.15, 0.2) is 0 Å². The minimum Gasteiger partial charge on any atom is -0.301 e. The van der Waals surface area contributed by atoms with Gasteiger partial charge < -0.3 is 9.05 Å². The minimum absolute atomic E-state index is 0.436. The van der Waals surface area contributed by atoms with E-state index in [2.05, 4.69) is 6.92 Å². The van der Waals surface area contributed by atoms with Crippen LogP contribution in [0.25, 0.3) is 0 Å². The van der Waals surface area contributed by atoms with E-state index in [0.717, 1.165) is 29.8 Å². The van der Waals surface area contributed by atoms with E-state index in [1.807, 2.05) is 25.6 Å². The minimum atomic E-state index is -2.86. The van der Waals surface area contributed by atoms with Gasteiger partial charge in [0.2, 0.25) is 0 Å². The molecule has 0 saturated heterocycles. The zero-order valence-electron chi connectivity index (χ0n) is 12.2. The van der Waals surface area contributed by atoms with Gasteiger partial charge in [-0.3, -0.25) is 0 Å². The van der Waals surface area contributed by atoms with Gasteiger partial charge in [-0.2, -0.15) is 11.8 Å². The van der Waals surface area contributed by atoms with E-state index in [9.17, 15) is 13.0 Å². The van der Waals surface area contributed by atoms with E-state index < -0.39 is 16.6 Å². The third kappa shape index (κ3) is 21.3. The predicted molar refractivity (Wildman–Crippen MR) is 87.1 cm³/mol. The highest BCUT2D eigenvalue weighted by molar-refractivity contribution is 8.55. The Morgan fingerprint density at radius 3 is 1.74 bits per heavy atom. The smallest absolute Gasteiger partial charge is 0.301 e. The first-order valence-corrected chi connectivity index (χ1v) is 12.5. The van der Waals surface area contributed by atoms with E-state index in [-0.39, 0.29) is 0 Å². The Labute approximate surface area is 125 Å². The van der Waals surface area contributed by atoms with Gasteiger partial charge in [-0.05, 0) is 31.0 Å². The molecule has 0 bridgehead atoms. The molecule has 0 aromatic rings. The number of sulfone groups is 1. The summed E-state index contributed by atoms with van der Waals surface area (Å²) in [5.74, 6) is 2.90. The van der Waals surface area contributed by atoms with Crippen molar-refractivity contribution in [2.45, 2.75) is 20.8 Å². The first kappa shape index (κ1) is 22.1. The van der Waals surface area contributed by atoms with Crippen molar-refractivity contribution >= 4 is 39.8 Å². The van der Waals surface area contributed by atoms with Gasteiger partial charge in [-0.1, -0.05) is 6.92 Å². The van der Waals surface area contributed by atoms with Crippen molar-refractivity contribution in [1.82, 2.24) is 0 Å². The van der Waals surface area contributed by atoms with Crippen molar-refractivity contribution in [1.29, 1.82) is 0 Å². The Morgan fingerprint density at radius 1 is 1.00 bits per heavy atom. The van der Waals surface area contributed by atoms with Gasteiger partial charge in [0.05, 0.1) is 13.2 Å². The number of rotatable bonds is 9. The fourth-order valence-corrected chi connectivity index (χ4v) is 5.34. The largest absolute Gasteiger partial charge is 0.389 e. The molecule has 0 fully saturated rings. The van der Waals surface area contributed by atoms with Crippen molar-refractivity contribution in [2.75, 3.05) is 43.0 Å². The second kappa shape index (κ2) is 12.5. The summed E-state index contributed by atoms with van der Waals surface area (Å²) in [5, 5.41) is 0. The monoisotopic (exact) mass is 352 g/mol. The lowest BCUT2D eigenvalue weighted by Gasteiger charge is -2.15. The van der Waals surface area contributed by atoms with Gasteiger partial charge in [0.1, 0.15) is 9.84 Å². The first-order chi connectivity index (χ1) is 8.68. The van der Waals surface area contributed by atoms with Gasteiger partial charge in [0.25, 0.3) is 0 Å². The number of thioether (sulfide) groups is 1. The molecule has 0 aliphatic heterocycles. The van der Waals surface area contributed by atoms with Crippen molar-refractivity contribution < 1.29 is 22.0 Å². The average Bonchev–Trinajstić information content (AvgIpc) is 2.23. The maximum Gasteiger partial charge on any atom is 0.389 e. The predicted octanol–water partition coefficient (Wildman–Crippen LogP) is 3.31. The van der Waals surface area contributed by atoms with E-state index in [4.69, 9.17) is 9.05 Å². The number of hydrogen-bond donors (Lipinski definition) is 0. The van der Waals surface area contributed by atoms with E-state index in [0.29, 0.717) is 13.2 Å². The van der Waals surface area contributed by atoms with Crippen LogP contribution in [0, 0.1) is 0 Å². The van der Waals surface area contributed by atoms with Crippen LogP contribution in [-0.4, -0.2) is 51.4 Å². The van der Waals surface area contributed by atoms with E-state index in [1.54, 1.807) is 0 Å². The molecule has 0 aromatic heterocycles. The SMILES string of the molecule is CCOP(=O)(OCC)SCCSCC.CS(C)(=O)=O. The summed E-state index contributed by atoms with van der Waals surface area (Å²) < 4.78 is 41.4. The van der Waals surface area contributed by atoms with Gasteiger partial charge in [-0.15, -0.1) is 0 Å². The van der Waals surface area contributed by atoms with Crippen LogP contribution >= 0.6 is 29.9 Å². The molecule has 118 valence electrons. The maximum absolute atomic E-state index is 11.9. The molecule has 0 radical (unpaired) electrons. The van der Waals surface area contributed by atoms with Crippen LogP contribution in [0.2, 0.25) is 0 Å². The second-order valence-electron chi connectivity index (χ2n) is 3.46. The summed E-state index contributed by atoms with van der Waals surface area (Å²) in [6, 6.07) is 0. The summed E-state index contributed by atoms with van der Waals surface area (Å²) in [6.07, 6.45) is 2.32. The van der Waals surface area contributed by atoms with Crippen molar-refractivity contribution in [3.8, 4) is 0 Å². The summed E-state index contributed by atoms with van der Waals surface area (Å²) in [6.45, 7) is 3.78. The Balaban J connectivity index is 0.